The van der Waals surface area contributed by atoms with Gasteiger partial charge in [-0.05, 0) is 60.8 Å². The zero-order valence-electron chi connectivity index (χ0n) is 21.5. The topological polar surface area (TPSA) is 195 Å². The smallest absolute Gasteiger partial charge is 0.255 e. The van der Waals surface area contributed by atoms with Crippen LogP contribution in [0.2, 0.25) is 0 Å². The molecular weight excluding hydrogens is 510 g/mol. The van der Waals surface area contributed by atoms with Crippen molar-refractivity contribution in [2.45, 2.75) is 39.0 Å². The average molecular weight is 542 g/mol. The first kappa shape index (κ1) is 30.5. The van der Waals surface area contributed by atoms with Crippen LogP contribution in [0.15, 0.2) is 46.8 Å². The molecule has 0 aliphatic heterocycles. The molecule has 0 unspecified atom stereocenters. The molecule has 13 heteroatoms. The van der Waals surface area contributed by atoms with Crippen molar-refractivity contribution in [1.82, 2.24) is 15.5 Å². The monoisotopic (exact) mass is 541 g/mol. The third-order valence-corrected chi connectivity index (χ3v) is 5.78. The molecule has 3 amide bonds. The van der Waals surface area contributed by atoms with E-state index < -0.39 is 23.3 Å². The second-order valence-corrected chi connectivity index (χ2v) is 8.68. The van der Waals surface area contributed by atoms with Gasteiger partial charge in [0.1, 0.15) is 17.2 Å². The van der Waals surface area contributed by atoms with E-state index in [2.05, 4.69) is 21.0 Å². The molecule has 0 aromatic heterocycles. The van der Waals surface area contributed by atoms with E-state index in [1.165, 1.54) is 43.3 Å². The summed E-state index contributed by atoms with van der Waals surface area (Å²) in [5, 5.41) is 30.0. The Labute approximate surface area is 224 Å². The number of unbranched alkanes of at least 4 members (excludes halogenated alkanes) is 1. The average Bonchev–Trinajstić information content (AvgIpc) is 2.93. The second-order valence-electron chi connectivity index (χ2n) is 8.68. The van der Waals surface area contributed by atoms with Crippen molar-refractivity contribution in [1.29, 1.82) is 0 Å². The molecule has 13 nitrogen and oxygen atoms in total. The molecule has 0 bridgehead atoms. The number of nitrogens with zero attached hydrogens (tertiary/aromatic N) is 3. The SMILES string of the molecule is CC(=O)CCC(=O)N(CCCCNC(=O)c1cccc(O)c1O)CCCNC(=O)c1cccc(N=O)c1N=O. The number of nitrogens with one attached hydrogen (secondary N) is 2. The zero-order valence-corrected chi connectivity index (χ0v) is 21.5. The number of hydrogen-bond donors (Lipinski definition) is 4. The molecule has 0 heterocycles. The Morgan fingerprint density at radius 2 is 1.41 bits per heavy atom. The molecule has 0 saturated carbocycles. The van der Waals surface area contributed by atoms with Gasteiger partial charge in [-0.1, -0.05) is 12.1 Å². The first-order valence-electron chi connectivity index (χ1n) is 12.3. The number of hydrogen-bond acceptors (Lipinski definition) is 10. The highest BCUT2D eigenvalue weighted by molar-refractivity contribution is 6.01. The number of para-hydroxylation sites is 1. The maximum atomic E-state index is 12.7. The van der Waals surface area contributed by atoms with Crippen molar-refractivity contribution in [3.8, 4) is 11.5 Å². The maximum absolute atomic E-state index is 12.7. The maximum Gasteiger partial charge on any atom is 0.255 e. The Morgan fingerprint density at radius 1 is 0.795 bits per heavy atom. The van der Waals surface area contributed by atoms with Gasteiger partial charge in [0, 0.05) is 39.0 Å². The lowest BCUT2D eigenvalue weighted by Gasteiger charge is -2.23. The van der Waals surface area contributed by atoms with Gasteiger partial charge in [0.15, 0.2) is 11.5 Å². The molecular formula is C26H31N5O8. The van der Waals surface area contributed by atoms with Crippen molar-refractivity contribution >= 4 is 34.9 Å². The van der Waals surface area contributed by atoms with Gasteiger partial charge in [0.25, 0.3) is 11.8 Å². The van der Waals surface area contributed by atoms with Crippen LogP contribution in [0.4, 0.5) is 11.4 Å². The Morgan fingerprint density at radius 3 is 2.08 bits per heavy atom. The van der Waals surface area contributed by atoms with E-state index in [-0.39, 0.29) is 66.7 Å². The molecule has 2 rings (SSSR count). The van der Waals surface area contributed by atoms with Crippen LogP contribution in [0.1, 0.15) is 59.7 Å². The summed E-state index contributed by atoms with van der Waals surface area (Å²) >= 11 is 0. The van der Waals surface area contributed by atoms with Crippen molar-refractivity contribution in [3.05, 3.63) is 57.3 Å². The second kappa shape index (κ2) is 15.5. The number of rotatable bonds is 16. The largest absolute Gasteiger partial charge is 0.504 e. The Hall–Kier alpha value is -4.68. The first-order valence-corrected chi connectivity index (χ1v) is 12.3. The normalized spacial score (nSPS) is 10.4. The molecule has 4 N–H and O–H groups in total. The number of nitroso groups, excluding NO2 is 2. The summed E-state index contributed by atoms with van der Waals surface area (Å²) in [5.74, 6) is -2.39. The summed E-state index contributed by atoms with van der Waals surface area (Å²) in [4.78, 5) is 72.1. The molecule has 0 aliphatic carbocycles. The van der Waals surface area contributed by atoms with Gasteiger partial charge in [0.05, 0.1) is 11.1 Å². The van der Waals surface area contributed by atoms with E-state index in [9.17, 15) is 39.2 Å². The fourth-order valence-corrected chi connectivity index (χ4v) is 3.69. The minimum atomic E-state index is -0.613. The van der Waals surface area contributed by atoms with Gasteiger partial charge in [-0.15, -0.1) is 9.81 Å². The molecule has 0 radical (unpaired) electrons. The van der Waals surface area contributed by atoms with Crippen molar-refractivity contribution in [3.63, 3.8) is 0 Å². The summed E-state index contributed by atoms with van der Waals surface area (Å²) in [6.45, 7) is 2.47. The molecule has 0 saturated heterocycles. The number of Topliss-reactive ketones (excluding diaryl/α,β-unsaturated/α-hetero) is 1. The van der Waals surface area contributed by atoms with Crippen LogP contribution >= 0.6 is 0 Å². The molecule has 2 aromatic rings. The summed E-state index contributed by atoms with van der Waals surface area (Å²) in [6, 6.07) is 8.10. The molecule has 0 atom stereocenters. The predicted octanol–water partition coefficient (Wildman–Crippen LogP) is 3.42. The summed E-state index contributed by atoms with van der Waals surface area (Å²) in [7, 11) is 0. The van der Waals surface area contributed by atoms with Gasteiger partial charge in [-0.2, -0.15) is 0 Å². The molecule has 39 heavy (non-hydrogen) atoms. The van der Waals surface area contributed by atoms with Crippen LogP contribution in [-0.2, 0) is 9.59 Å². The van der Waals surface area contributed by atoms with Crippen LogP contribution in [-0.4, -0.2) is 64.8 Å². The van der Waals surface area contributed by atoms with Gasteiger partial charge in [0.2, 0.25) is 5.91 Å². The third-order valence-electron chi connectivity index (χ3n) is 5.78. The first-order chi connectivity index (χ1) is 18.7. The van der Waals surface area contributed by atoms with E-state index in [4.69, 9.17) is 0 Å². The van der Waals surface area contributed by atoms with Gasteiger partial charge in [-0.3, -0.25) is 14.4 Å². The van der Waals surface area contributed by atoms with Crippen LogP contribution < -0.4 is 10.6 Å². The Bertz CT molecular complexity index is 1220. The van der Waals surface area contributed by atoms with Crippen LogP contribution in [0, 0.1) is 9.81 Å². The fourth-order valence-electron chi connectivity index (χ4n) is 3.69. The highest BCUT2D eigenvalue weighted by atomic mass is 16.3. The summed E-state index contributed by atoms with van der Waals surface area (Å²) < 4.78 is 0. The van der Waals surface area contributed by atoms with E-state index in [0.717, 1.165) is 0 Å². The van der Waals surface area contributed by atoms with E-state index >= 15 is 0 Å². The Kier molecular flexibility index (Phi) is 12.2. The van der Waals surface area contributed by atoms with E-state index in [0.29, 0.717) is 25.8 Å². The summed E-state index contributed by atoms with van der Waals surface area (Å²) in [6.07, 6.45) is 1.58. The molecule has 2 aromatic carbocycles. The van der Waals surface area contributed by atoms with Gasteiger partial charge in [-0.25, -0.2) is 0 Å². The quantitative estimate of drug-likeness (QED) is 0.141. The molecule has 0 aliphatic rings. The lowest BCUT2D eigenvalue weighted by atomic mass is 10.1. The van der Waals surface area contributed by atoms with Crippen LogP contribution in [0.25, 0.3) is 0 Å². The fraction of sp³-hybridized carbons (Fsp3) is 0.385. The third kappa shape index (κ3) is 9.29. The number of phenols is 2. The summed E-state index contributed by atoms with van der Waals surface area (Å²) in [5.41, 5.74) is -0.729. The Balaban J connectivity index is 1.85. The van der Waals surface area contributed by atoms with Crippen LogP contribution in [0.5, 0.6) is 11.5 Å². The number of carbonyl (C=O) groups excluding carboxylic acids is 4. The number of amides is 3. The van der Waals surface area contributed by atoms with E-state index in [1.54, 1.807) is 4.90 Å². The highest BCUT2D eigenvalue weighted by Gasteiger charge is 2.18. The lowest BCUT2D eigenvalue weighted by molar-refractivity contribution is -0.133. The van der Waals surface area contributed by atoms with Crippen LogP contribution in [0.3, 0.4) is 0 Å². The minimum Gasteiger partial charge on any atom is -0.504 e. The van der Waals surface area contributed by atoms with E-state index in [1.807, 2.05) is 0 Å². The number of carbonyl (C=O) groups is 4. The number of ketones is 1. The number of aromatic hydroxyl groups is 2. The molecule has 0 spiro atoms. The van der Waals surface area contributed by atoms with Crippen molar-refractivity contribution < 1.29 is 29.4 Å². The highest BCUT2D eigenvalue weighted by Crippen LogP contribution is 2.31. The zero-order chi connectivity index (χ0) is 28.8. The molecule has 0 fully saturated rings. The lowest BCUT2D eigenvalue weighted by Crippen LogP contribution is -2.35. The minimum absolute atomic E-state index is 0.0507. The van der Waals surface area contributed by atoms with Crippen molar-refractivity contribution in [2.75, 3.05) is 26.2 Å². The predicted molar refractivity (Wildman–Crippen MR) is 142 cm³/mol. The number of benzene rings is 2. The van der Waals surface area contributed by atoms with Gasteiger partial charge < -0.3 is 30.5 Å². The van der Waals surface area contributed by atoms with Gasteiger partial charge >= 0.3 is 0 Å². The molecule has 208 valence electrons. The number of phenolic OH excluding ortho intramolecular Hbond substituents is 2. The van der Waals surface area contributed by atoms with Crippen molar-refractivity contribution in [2.24, 2.45) is 10.4 Å². The standard InChI is InChI=1S/C26H31N5O8/c1-17(32)11-12-22(34)31(15-3-2-13-27-26(37)19-8-5-10-21(33)24(19)35)16-6-14-28-25(36)18-7-4-9-20(29-38)23(18)30-39/h4-5,7-10,33,35H,2-3,6,11-16H2,1H3,(H,27,37)(H,28,36).